The molecule has 6 nitrogen and oxygen atoms in total. The van der Waals surface area contributed by atoms with Crippen molar-refractivity contribution < 1.29 is 9.53 Å². The van der Waals surface area contributed by atoms with Gasteiger partial charge in [-0.15, -0.1) is 0 Å². The average Bonchev–Trinajstić information content (AvgIpc) is 2.75. The number of amides is 2. The summed E-state index contributed by atoms with van der Waals surface area (Å²) in [5.41, 5.74) is 3.50. The first-order chi connectivity index (χ1) is 10.0. The second kappa shape index (κ2) is 8.67. The molecule has 21 heavy (non-hydrogen) atoms. The number of ether oxygens (including phenoxy) is 1. The van der Waals surface area contributed by atoms with E-state index < -0.39 is 0 Å². The van der Waals surface area contributed by atoms with E-state index in [4.69, 9.17) is 4.74 Å². The number of hydrogen-bond acceptors (Lipinski definition) is 3. The van der Waals surface area contributed by atoms with Crippen LogP contribution in [0, 0.1) is 13.8 Å². The molecular weight excluding hydrogens is 268 g/mol. The molecule has 0 bridgehead atoms. The highest BCUT2D eigenvalue weighted by atomic mass is 16.5. The van der Waals surface area contributed by atoms with Gasteiger partial charge in [-0.1, -0.05) is 0 Å². The number of likely N-dealkylation sites (N-methyl/N-ethyl adjacent to an activating group) is 1. The first-order valence-corrected chi connectivity index (χ1v) is 7.52. The fourth-order valence-corrected chi connectivity index (χ4v) is 2.33. The standard InChI is InChI=1S/C15H28N4O2/c1-6-19-13(3)14(12(2)17-19)8-10-18(4)15(20)16-9-7-11-21-5/h6-11H2,1-5H3,(H,16,20). The molecule has 0 spiro atoms. The largest absolute Gasteiger partial charge is 0.385 e. The molecule has 1 aromatic rings. The minimum atomic E-state index is -0.0377. The lowest BCUT2D eigenvalue weighted by Gasteiger charge is -2.18. The minimum absolute atomic E-state index is 0.0377. The fourth-order valence-electron chi connectivity index (χ4n) is 2.33. The normalized spacial score (nSPS) is 10.7. The summed E-state index contributed by atoms with van der Waals surface area (Å²) in [4.78, 5) is 13.6. The molecule has 0 aliphatic carbocycles. The van der Waals surface area contributed by atoms with Gasteiger partial charge in [0.15, 0.2) is 0 Å². The average molecular weight is 296 g/mol. The third-order valence-corrected chi connectivity index (χ3v) is 3.68. The molecule has 0 saturated carbocycles. The highest BCUT2D eigenvalue weighted by molar-refractivity contribution is 5.73. The second-order valence-corrected chi connectivity index (χ2v) is 5.21. The van der Waals surface area contributed by atoms with Crippen LogP contribution in [0.3, 0.4) is 0 Å². The number of hydrogen-bond donors (Lipinski definition) is 1. The van der Waals surface area contributed by atoms with Crippen LogP contribution in [0.5, 0.6) is 0 Å². The van der Waals surface area contributed by atoms with Crippen molar-refractivity contribution in [2.45, 2.75) is 40.2 Å². The van der Waals surface area contributed by atoms with Crippen LogP contribution in [0.1, 0.15) is 30.3 Å². The summed E-state index contributed by atoms with van der Waals surface area (Å²) in [6.45, 7) is 9.07. The maximum Gasteiger partial charge on any atom is 0.317 e. The van der Waals surface area contributed by atoms with E-state index >= 15 is 0 Å². The zero-order valence-corrected chi connectivity index (χ0v) is 13.9. The van der Waals surface area contributed by atoms with Crippen molar-refractivity contribution in [3.05, 3.63) is 17.0 Å². The summed E-state index contributed by atoms with van der Waals surface area (Å²) >= 11 is 0. The van der Waals surface area contributed by atoms with E-state index in [0.29, 0.717) is 19.7 Å². The lowest BCUT2D eigenvalue weighted by Crippen LogP contribution is -2.39. The third kappa shape index (κ3) is 5.04. The van der Waals surface area contributed by atoms with Crippen LogP contribution >= 0.6 is 0 Å². The van der Waals surface area contributed by atoms with Crippen molar-refractivity contribution in [3.8, 4) is 0 Å². The monoisotopic (exact) mass is 296 g/mol. The van der Waals surface area contributed by atoms with Crippen LogP contribution in [0.2, 0.25) is 0 Å². The summed E-state index contributed by atoms with van der Waals surface area (Å²) < 4.78 is 6.96. The van der Waals surface area contributed by atoms with Gasteiger partial charge in [0, 0.05) is 46.1 Å². The molecule has 6 heteroatoms. The third-order valence-electron chi connectivity index (χ3n) is 3.68. The first kappa shape index (κ1) is 17.5. The summed E-state index contributed by atoms with van der Waals surface area (Å²) in [6.07, 6.45) is 1.66. The van der Waals surface area contributed by atoms with Crippen molar-refractivity contribution in [2.75, 3.05) is 33.9 Å². The second-order valence-electron chi connectivity index (χ2n) is 5.21. The Bertz CT molecular complexity index is 457. The molecule has 120 valence electrons. The van der Waals surface area contributed by atoms with Crippen molar-refractivity contribution in [1.29, 1.82) is 0 Å². The van der Waals surface area contributed by atoms with Crippen LogP contribution in [0.15, 0.2) is 0 Å². The first-order valence-electron chi connectivity index (χ1n) is 7.52. The minimum Gasteiger partial charge on any atom is -0.385 e. The van der Waals surface area contributed by atoms with Crippen molar-refractivity contribution >= 4 is 6.03 Å². The van der Waals surface area contributed by atoms with Crippen molar-refractivity contribution in [2.24, 2.45) is 0 Å². The molecule has 0 aliphatic rings. The summed E-state index contributed by atoms with van der Waals surface area (Å²) in [6, 6.07) is -0.0377. The molecule has 0 atom stereocenters. The Morgan fingerprint density at radius 1 is 1.43 bits per heavy atom. The maximum absolute atomic E-state index is 11.9. The molecule has 0 fully saturated rings. The zero-order chi connectivity index (χ0) is 15.8. The van der Waals surface area contributed by atoms with Gasteiger partial charge < -0.3 is 15.0 Å². The zero-order valence-electron chi connectivity index (χ0n) is 13.9. The number of methoxy groups -OCH3 is 1. The van der Waals surface area contributed by atoms with Gasteiger partial charge in [-0.25, -0.2) is 4.79 Å². The molecule has 0 aromatic carbocycles. The number of nitrogens with zero attached hydrogens (tertiary/aromatic N) is 3. The number of carbonyl (C=O) groups excluding carboxylic acids is 1. The molecule has 0 radical (unpaired) electrons. The van der Waals surface area contributed by atoms with Crippen LogP contribution in [-0.4, -0.2) is 54.6 Å². The van der Waals surface area contributed by atoms with Gasteiger partial charge in [-0.3, -0.25) is 4.68 Å². The Balaban J connectivity index is 2.44. The van der Waals surface area contributed by atoms with Gasteiger partial charge in [-0.2, -0.15) is 5.10 Å². The van der Waals surface area contributed by atoms with E-state index in [-0.39, 0.29) is 6.03 Å². The van der Waals surface area contributed by atoms with Crippen molar-refractivity contribution in [1.82, 2.24) is 20.0 Å². The lowest BCUT2D eigenvalue weighted by molar-refractivity contribution is 0.189. The predicted molar refractivity (Wildman–Crippen MR) is 83.6 cm³/mol. The SMILES string of the molecule is CCn1nc(C)c(CCN(C)C(=O)NCCCOC)c1C. The molecule has 1 aromatic heterocycles. The smallest absolute Gasteiger partial charge is 0.317 e. The van der Waals surface area contributed by atoms with Gasteiger partial charge in [0.1, 0.15) is 0 Å². The number of aryl methyl sites for hydroxylation is 2. The Morgan fingerprint density at radius 2 is 2.14 bits per heavy atom. The Hall–Kier alpha value is -1.56. The molecule has 2 amide bonds. The molecule has 0 saturated heterocycles. The molecule has 1 rings (SSSR count). The fraction of sp³-hybridized carbons (Fsp3) is 0.733. The lowest BCUT2D eigenvalue weighted by atomic mass is 10.1. The van der Waals surface area contributed by atoms with E-state index in [1.54, 1.807) is 12.0 Å². The predicted octanol–water partition coefficient (Wildman–Crippen LogP) is 1.74. The highest BCUT2D eigenvalue weighted by Crippen LogP contribution is 2.13. The Morgan fingerprint density at radius 3 is 2.71 bits per heavy atom. The van der Waals surface area contributed by atoms with Crippen molar-refractivity contribution in [3.63, 3.8) is 0 Å². The maximum atomic E-state index is 11.9. The summed E-state index contributed by atoms with van der Waals surface area (Å²) in [5, 5.41) is 7.39. The van der Waals surface area contributed by atoms with E-state index in [9.17, 15) is 4.79 Å². The molecule has 1 N–H and O–H groups in total. The summed E-state index contributed by atoms with van der Waals surface area (Å²) in [7, 11) is 3.48. The highest BCUT2D eigenvalue weighted by Gasteiger charge is 2.13. The Kier molecular flexibility index (Phi) is 7.22. The number of nitrogens with one attached hydrogen (secondary N) is 1. The topological polar surface area (TPSA) is 59.4 Å². The number of rotatable bonds is 8. The van der Waals surface area contributed by atoms with Gasteiger partial charge in [0.05, 0.1) is 5.69 Å². The summed E-state index contributed by atoms with van der Waals surface area (Å²) in [5.74, 6) is 0. The van der Waals surface area contributed by atoms with Crippen LogP contribution in [0.25, 0.3) is 0 Å². The number of urea groups is 1. The van der Waals surface area contributed by atoms with Gasteiger partial charge in [-0.05, 0) is 39.2 Å². The molecule has 0 aliphatic heterocycles. The van der Waals surface area contributed by atoms with Crippen LogP contribution < -0.4 is 5.32 Å². The van der Waals surface area contributed by atoms with Gasteiger partial charge in [0.2, 0.25) is 0 Å². The van der Waals surface area contributed by atoms with Crippen LogP contribution in [-0.2, 0) is 17.7 Å². The molecule has 0 unspecified atom stereocenters. The van der Waals surface area contributed by atoms with E-state index in [2.05, 4.69) is 24.3 Å². The van der Waals surface area contributed by atoms with E-state index in [1.807, 2.05) is 18.7 Å². The quantitative estimate of drug-likeness (QED) is 0.743. The molecular formula is C15H28N4O2. The Labute approximate surface area is 127 Å². The number of carbonyl (C=O) groups is 1. The van der Waals surface area contributed by atoms with E-state index in [1.165, 1.54) is 11.3 Å². The van der Waals surface area contributed by atoms with Gasteiger partial charge >= 0.3 is 6.03 Å². The molecule has 1 heterocycles. The van der Waals surface area contributed by atoms with Crippen LogP contribution in [0.4, 0.5) is 4.79 Å². The number of aromatic nitrogens is 2. The van der Waals surface area contributed by atoms with E-state index in [0.717, 1.165) is 25.1 Å². The van der Waals surface area contributed by atoms with Gasteiger partial charge in [0.25, 0.3) is 0 Å².